The first-order chi connectivity index (χ1) is 12.7. The van der Waals surface area contributed by atoms with Gasteiger partial charge < -0.3 is 10.2 Å². The zero-order chi connectivity index (χ0) is 18.1. The molecular formula is C18H25N7S. The monoisotopic (exact) mass is 371 g/mol. The largest absolute Gasteiger partial charge is 0.356 e. The van der Waals surface area contributed by atoms with E-state index < -0.39 is 0 Å². The zero-order valence-corrected chi connectivity index (χ0v) is 16.3. The number of nitrogens with zero attached hydrogens (tertiary/aromatic N) is 6. The van der Waals surface area contributed by atoms with E-state index in [1.54, 1.807) is 17.7 Å². The number of hydrogen-bond donors (Lipinski definition) is 1. The van der Waals surface area contributed by atoms with Crippen LogP contribution in [0.1, 0.15) is 44.4 Å². The van der Waals surface area contributed by atoms with E-state index in [9.17, 15) is 0 Å². The second kappa shape index (κ2) is 7.28. The molecule has 4 heterocycles. The lowest BCUT2D eigenvalue weighted by Crippen LogP contribution is -2.44. The van der Waals surface area contributed by atoms with Crippen LogP contribution in [0.4, 0.5) is 5.82 Å². The van der Waals surface area contributed by atoms with Gasteiger partial charge in [-0.25, -0.2) is 19.6 Å². The predicted octanol–water partition coefficient (Wildman–Crippen LogP) is 2.93. The van der Waals surface area contributed by atoms with Gasteiger partial charge in [-0.05, 0) is 45.1 Å². The first-order valence-corrected chi connectivity index (χ1v) is 10.1. The van der Waals surface area contributed by atoms with E-state index in [0.717, 1.165) is 54.8 Å². The van der Waals surface area contributed by atoms with Crippen LogP contribution in [-0.4, -0.2) is 43.9 Å². The molecule has 0 aliphatic carbocycles. The van der Waals surface area contributed by atoms with Crippen molar-refractivity contribution in [3.05, 3.63) is 29.4 Å². The normalized spacial score (nSPS) is 17.1. The van der Waals surface area contributed by atoms with Crippen molar-refractivity contribution in [2.45, 2.75) is 52.2 Å². The third-order valence-corrected chi connectivity index (χ3v) is 5.84. The maximum Gasteiger partial charge on any atom is 0.143 e. The van der Waals surface area contributed by atoms with Gasteiger partial charge in [0.25, 0.3) is 0 Å². The summed E-state index contributed by atoms with van der Waals surface area (Å²) in [7, 11) is 0. The summed E-state index contributed by atoms with van der Waals surface area (Å²) in [5.74, 6) is 2.95. The van der Waals surface area contributed by atoms with Gasteiger partial charge in [-0.15, -0.1) is 11.3 Å². The quantitative estimate of drug-likeness (QED) is 0.743. The van der Waals surface area contributed by atoms with Crippen molar-refractivity contribution in [3.63, 3.8) is 0 Å². The number of thiophene rings is 1. The molecule has 7 nitrogen and oxygen atoms in total. The standard InChI is InChI=1S/C18H25N7S/c1-4-25-16(19-11-20-25)12(2)21-14-5-8-24(9-6-14)17-15-7-10-26-18(15)23-13(3)22-17/h7,10-12,14,21H,4-6,8-9H2,1-3H3. The predicted molar refractivity (Wildman–Crippen MR) is 105 cm³/mol. The molecule has 1 aliphatic rings. The highest BCUT2D eigenvalue weighted by Gasteiger charge is 2.24. The number of fused-ring (bicyclic) bond motifs is 1. The van der Waals surface area contributed by atoms with Crippen LogP contribution in [0.5, 0.6) is 0 Å². The summed E-state index contributed by atoms with van der Waals surface area (Å²) in [5, 5.41) is 11.3. The van der Waals surface area contributed by atoms with E-state index >= 15 is 0 Å². The number of hydrogen-bond acceptors (Lipinski definition) is 7. The third kappa shape index (κ3) is 3.31. The average molecular weight is 372 g/mol. The van der Waals surface area contributed by atoms with Gasteiger partial charge >= 0.3 is 0 Å². The summed E-state index contributed by atoms with van der Waals surface area (Å²) in [6.07, 6.45) is 3.84. The SMILES string of the molecule is CCn1ncnc1C(C)NC1CCN(c2nc(C)nc3sccc23)CC1. The minimum Gasteiger partial charge on any atom is -0.356 e. The van der Waals surface area contributed by atoms with Crippen molar-refractivity contribution in [1.29, 1.82) is 0 Å². The van der Waals surface area contributed by atoms with Crippen molar-refractivity contribution in [2.75, 3.05) is 18.0 Å². The molecule has 0 saturated carbocycles. The molecule has 0 radical (unpaired) electrons. The summed E-state index contributed by atoms with van der Waals surface area (Å²) in [5.41, 5.74) is 0. The fourth-order valence-corrected chi connectivity index (χ4v) is 4.53. The minimum atomic E-state index is 0.207. The molecule has 1 saturated heterocycles. The molecule has 1 unspecified atom stereocenters. The molecule has 8 heteroatoms. The van der Waals surface area contributed by atoms with Crippen molar-refractivity contribution >= 4 is 27.4 Å². The van der Waals surface area contributed by atoms with Gasteiger partial charge in [0, 0.05) is 25.7 Å². The van der Waals surface area contributed by atoms with E-state index in [4.69, 9.17) is 4.98 Å². The third-order valence-electron chi connectivity index (χ3n) is 5.03. The molecule has 4 rings (SSSR count). The molecule has 0 spiro atoms. The summed E-state index contributed by atoms with van der Waals surface area (Å²) >= 11 is 1.69. The van der Waals surface area contributed by atoms with Crippen LogP contribution < -0.4 is 10.2 Å². The summed E-state index contributed by atoms with van der Waals surface area (Å²) < 4.78 is 1.96. The summed E-state index contributed by atoms with van der Waals surface area (Å²) in [6.45, 7) is 9.11. The number of piperidine rings is 1. The summed E-state index contributed by atoms with van der Waals surface area (Å²) in [6, 6.07) is 2.83. The van der Waals surface area contributed by atoms with Gasteiger partial charge in [-0.2, -0.15) is 5.10 Å². The Bertz CT molecular complexity index is 879. The van der Waals surface area contributed by atoms with Gasteiger partial charge in [-0.3, -0.25) is 0 Å². The summed E-state index contributed by atoms with van der Waals surface area (Å²) in [4.78, 5) is 17.2. The molecule has 138 valence electrons. The van der Waals surface area contributed by atoms with E-state index in [-0.39, 0.29) is 6.04 Å². The number of rotatable bonds is 5. The molecule has 1 fully saturated rings. The Kier molecular flexibility index (Phi) is 4.86. The van der Waals surface area contributed by atoms with Crippen molar-refractivity contribution < 1.29 is 0 Å². The maximum absolute atomic E-state index is 4.73. The maximum atomic E-state index is 4.73. The van der Waals surface area contributed by atoms with Crippen LogP contribution in [0, 0.1) is 6.92 Å². The number of aromatic nitrogens is 5. The molecule has 1 N–H and O–H groups in total. The van der Waals surface area contributed by atoms with Crippen molar-refractivity contribution in [1.82, 2.24) is 30.0 Å². The number of nitrogens with one attached hydrogen (secondary N) is 1. The van der Waals surface area contributed by atoms with Crippen LogP contribution in [0.3, 0.4) is 0 Å². The molecule has 0 amide bonds. The Morgan fingerprint density at radius 3 is 2.88 bits per heavy atom. The molecule has 0 aromatic carbocycles. The van der Waals surface area contributed by atoms with E-state index in [2.05, 4.69) is 50.6 Å². The second-order valence-corrected chi connectivity index (χ2v) is 7.71. The van der Waals surface area contributed by atoms with E-state index in [1.165, 1.54) is 5.39 Å². The topological polar surface area (TPSA) is 71.8 Å². The van der Waals surface area contributed by atoms with Crippen LogP contribution >= 0.6 is 11.3 Å². The first-order valence-electron chi connectivity index (χ1n) is 9.26. The van der Waals surface area contributed by atoms with Gasteiger partial charge in [0.05, 0.1) is 11.4 Å². The van der Waals surface area contributed by atoms with Gasteiger partial charge in [0.15, 0.2) is 0 Å². The van der Waals surface area contributed by atoms with E-state index in [0.29, 0.717) is 6.04 Å². The Balaban J connectivity index is 1.42. The molecule has 3 aromatic heterocycles. The molecule has 3 aromatic rings. The highest BCUT2D eigenvalue weighted by molar-refractivity contribution is 7.16. The number of aryl methyl sites for hydroxylation is 2. The van der Waals surface area contributed by atoms with Crippen LogP contribution in [0.25, 0.3) is 10.2 Å². The van der Waals surface area contributed by atoms with Crippen LogP contribution in [-0.2, 0) is 6.54 Å². The van der Waals surface area contributed by atoms with Gasteiger partial charge in [0.2, 0.25) is 0 Å². The zero-order valence-electron chi connectivity index (χ0n) is 15.5. The fraction of sp³-hybridized carbons (Fsp3) is 0.556. The lowest BCUT2D eigenvalue weighted by molar-refractivity contribution is 0.365. The Morgan fingerprint density at radius 2 is 2.12 bits per heavy atom. The lowest BCUT2D eigenvalue weighted by Gasteiger charge is -2.34. The highest BCUT2D eigenvalue weighted by atomic mass is 32.1. The van der Waals surface area contributed by atoms with Crippen LogP contribution in [0.15, 0.2) is 17.8 Å². The second-order valence-electron chi connectivity index (χ2n) is 6.82. The molecule has 26 heavy (non-hydrogen) atoms. The van der Waals surface area contributed by atoms with E-state index in [1.807, 2.05) is 11.6 Å². The molecular weight excluding hydrogens is 346 g/mol. The van der Waals surface area contributed by atoms with Gasteiger partial charge in [-0.1, -0.05) is 0 Å². The van der Waals surface area contributed by atoms with Gasteiger partial charge in [0.1, 0.15) is 28.6 Å². The Hall–Kier alpha value is -2.06. The number of anilines is 1. The highest BCUT2D eigenvalue weighted by Crippen LogP contribution is 2.29. The Labute approximate surface area is 157 Å². The first kappa shape index (κ1) is 17.4. The minimum absolute atomic E-state index is 0.207. The molecule has 1 aliphatic heterocycles. The van der Waals surface area contributed by atoms with Crippen LogP contribution in [0.2, 0.25) is 0 Å². The lowest BCUT2D eigenvalue weighted by atomic mass is 10.0. The molecule has 1 atom stereocenters. The fourth-order valence-electron chi connectivity index (χ4n) is 3.72. The van der Waals surface area contributed by atoms with Crippen molar-refractivity contribution in [3.8, 4) is 0 Å². The van der Waals surface area contributed by atoms with Crippen molar-refractivity contribution in [2.24, 2.45) is 0 Å². The average Bonchev–Trinajstić information content (AvgIpc) is 3.30. The molecule has 0 bridgehead atoms. The smallest absolute Gasteiger partial charge is 0.143 e. The Morgan fingerprint density at radius 1 is 1.31 bits per heavy atom.